The van der Waals surface area contributed by atoms with Crippen LogP contribution in [0.25, 0.3) is 11.3 Å². The number of anilines is 2. The largest absolute Gasteiger partial charge is 0.355 e. The molecule has 27 heavy (non-hydrogen) atoms. The Morgan fingerprint density at radius 1 is 1.15 bits per heavy atom. The van der Waals surface area contributed by atoms with Gasteiger partial charge in [0.2, 0.25) is 5.91 Å². The number of carbonyl (C=O) groups excluding carboxylic acids is 1. The van der Waals surface area contributed by atoms with Crippen molar-refractivity contribution in [2.45, 2.75) is 25.7 Å². The van der Waals surface area contributed by atoms with Crippen LogP contribution in [-0.4, -0.2) is 34.2 Å². The molecule has 1 aromatic carbocycles. The topological polar surface area (TPSA) is 71.0 Å². The lowest BCUT2D eigenvalue weighted by Gasteiger charge is -2.15. The summed E-state index contributed by atoms with van der Waals surface area (Å²) in [5.41, 5.74) is 2.51. The van der Waals surface area contributed by atoms with Crippen molar-refractivity contribution in [1.82, 2.24) is 15.2 Å². The molecule has 1 aliphatic heterocycles. The monoisotopic (exact) mass is 379 g/mol. The molecule has 0 saturated carbocycles. The zero-order valence-electron chi connectivity index (χ0n) is 15.0. The van der Waals surface area contributed by atoms with Crippen LogP contribution in [0, 0.1) is 0 Å². The van der Waals surface area contributed by atoms with Crippen molar-refractivity contribution in [2.75, 3.05) is 23.3 Å². The summed E-state index contributed by atoms with van der Waals surface area (Å²) >= 11 is 1.57. The third kappa shape index (κ3) is 4.49. The molecule has 138 valence electrons. The lowest BCUT2D eigenvalue weighted by atomic mass is 10.1. The number of amides is 1. The lowest BCUT2D eigenvalue weighted by Crippen LogP contribution is -2.19. The van der Waals surface area contributed by atoms with Gasteiger partial charge in [0.1, 0.15) is 0 Å². The van der Waals surface area contributed by atoms with Gasteiger partial charge in [0, 0.05) is 48.8 Å². The molecule has 6 nitrogen and oxygen atoms in total. The van der Waals surface area contributed by atoms with E-state index in [1.807, 2.05) is 41.8 Å². The van der Waals surface area contributed by atoms with E-state index in [1.54, 1.807) is 17.5 Å². The van der Waals surface area contributed by atoms with E-state index in [0.29, 0.717) is 12.8 Å². The van der Waals surface area contributed by atoms with Crippen molar-refractivity contribution in [3.63, 3.8) is 0 Å². The second kappa shape index (κ2) is 8.26. The number of aryl methyl sites for hydroxylation is 1. The number of aromatic nitrogens is 3. The minimum Gasteiger partial charge on any atom is -0.355 e. The SMILES string of the molecule is O=C(CCc1nccs1)Nc1cccc(-c2ccc(N3CCCC3)nn2)c1. The van der Waals surface area contributed by atoms with Crippen LogP contribution in [0.5, 0.6) is 0 Å². The van der Waals surface area contributed by atoms with Crippen LogP contribution in [0.4, 0.5) is 11.5 Å². The Labute approximate surface area is 162 Å². The van der Waals surface area contributed by atoms with E-state index in [0.717, 1.165) is 40.9 Å². The van der Waals surface area contributed by atoms with Crippen LogP contribution in [0.3, 0.4) is 0 Å². The molecule has 3 heterocycles. The van der Waals surface area contributed by atoms with E-state index < -0.39 is 0 Å². The molecule has 0 unspecified atom stereocenters. The first-order chi connectivity index (χ1) is 13.3. The second-order valence-corrected chi connectivity index (χ2v) is 7.50. The molecule has 0 radical (unpaired) electrons. The van der Waals surface area contributed by atoms with Crippen LogP contribution >= 0.6 is 11.3 Å². The highest BCUT2D eigenvalue weighted by Gasteiger charge is 2.14. The highest BCUT2D eigenvalue weighted by atomic mass is 32.1. The predicted octanol–water partition coefficient (Wildman–Crippen LogP) is 3.77. The van der Waals surface area contributed by atoms with E-state index in [1.165, 1.54) is 12.8 Å². The molecule has 1 aliphatic rings. The molecule has 1 saturated heterocycles. The molecule has 3 aromatic rings. The zero-order chi connectivity index (χ0) is 18.5. The first kappa shape index (κ1) is 17.6. The number of hydrogen-bond donors (Lipinski definition) is 1. The molecular weight excluding hydrogens is 358 g/mol. The standard InChI is InChI=1S/C20H21N5OS/c26-19(8-9-20-21-10-13-27-20)22-16-5-3-4-15(14-16)17-6-7-18(24-23-17)25-11-1-2-12-25/h3-7,10,13-14H,1-2,8-9,11-12H2,(H,22,26). The summed E-state index contributed by atoms with van der Waals surface area (Å²) in [6.45, 7) is 2.10. The summed E-state index contributed by atoms with van der Waals surface area (Å²) in [5, 5.41) is 14.6. The third-order valence-corrected chi connectivity index (χ3v) is 5.41. The van der Waals surface area contributed by atoms with Gasteiger partial charge in [-0.3, -0.25) is 4.79 Å². The molecule has 0 bridgehead atoms. The smallest absolute Gasteiger partial charge is 0.224 e. The zero-order valence-corrected chi connectivity index (χ0v) is 15.8. The molecule has 1 N–H and O–H groups in total. The minimum atomic E-state index is -0.0159. The van der Waals surface area contributed by atoms with Gasteiger partial charge >= 0.3 is 0 Å². The lowest BCUT2D eigenvalue weighted by molar-refractivity contribution is -0.116. The number of benzene rings is 1. The Morgan fingerprint density at radius 3 is 2.78 bits per heavy atom. The summed E-state index contributed by atoms with van der Waals surface area (Å²) in [6, 6.07) is 11.7. The molecule has 1 fully saturated rings. The van der Waals surface area contributed by atoms with Crippen LogP contribution in [-0.2, 0) is 11.2 Å². The van der Waals surface area contributed by atoms with Crippen molar-refractivity contribution >= 4 is 28.7 Å². The maximum Gasteiger partial charge on any atom is 0.224 e. The predicted molar refractivity (Wildman–Crippen MR) is 108 cm³/mol. The number of hydrogen-bond acceptors (Lipinski definition) is 6. The molecule has 0 spiro atoms. The Balaban J connectivity index is 1.40. The first-order valence-electron chi connectivity index (χ1n) is 9.15. The highest BCUT2D eigenvalue weighted by Crippen LogP contribution is 2.23. The van der Waals surface area contributed by atoms with Gasteiger partial charge in [-0.25, -0.2) is 4.98 Å². The van der Waals surface area contributed by atoms with Crippen molar-refractivity contribution in [2.24, 2.45) is 0 Å². The second-order valence-electron chi connectivity index (χ2n) is 6.53. The van der Waals surface area contributed by atoms with Gasteiger partial charge in [0.25, 0.3) is 0 Å². The van der Waals surface area contributed by atoms with Gasteiger partial charge in [0.05, 0.1) is 10.7 Å². The normalized spacial score (nSPS) is 13.7. The summed E-state index contributed by atoms with van der Waals surface area (Å²) in [4.78, 5) is 18.6. The fourth-order valence-electron chi connectivity index (χ4n) is 3.17. The van der Waals surface area contributed by atoms with Crippen LogP contribution in [0.2, 0.25) is 0 Å². The maximum absolute atomic E-state index is 12.2. The van der Waals surface area contributed by atoms with E-state index in [9.17, 15) is 4.79 Å². The van der Waals surface area contributed by atoms with Gasteiger partial charge in [-0.05, 0) is 37.1 Å². The molecule has 2 aromatic heterocycles. The van der Waals surface area contributed by atoms with E-state index >= 15 is 0 Å². The van der Waals surface area contributed by atoms with E-state index in [-0.39, 0.29) is 5.91 Å². The number of thiazole rings is 1. The van der Waals surface area contributed by atoms with Crippen LogP contribution in [0.1, 0.15) is 24.3 Å². The van der Waals surface area contributed by atoms with Crippen molar-refractivity contribution in [1.29, 1.82) is 0 Å². The Bertz CT molecular complexity index is 889. The summed E-state index contributed by atoms with van der Waals surface area (Å²) < 4.78 is 0. The summed E-state index contributed by atoms with van der Waals surface area (Å²) in [5.74, 6) is 0.917. The number of nitrogens with one attached hydrogen (secondary N) is 1. The summed E-state index contributed by atoms with van der Waals surface area (Å²) in [7, 11) is 0. The number of rotatable bonds is 6. The molecule has 0 atom stereocenters. The van der Waals surface area contributed by atoms with Gasteiger partial charge < -0.3 is 10.2 Å². The van der Waals surface area contributed by atoms with Crippen LogP contribution < -0.4 is 10.2 Å². The van der Waals surface area contributed by atoms with Gasteiger partial charge in [0.15, 0.2) is 5.82 Å². The Kier molecular flexibility index (Phi) is 5.39. The highest BCUT2D eigenvalue weighted by molar-refractivity contribution is 7.09. The Hall–Kier alpha value is -2.80. The van der Waals surface area contributed by atoms with Gasteiger partial charge in [-0.2, -0.15) is 0 Å². The van der Waals surface area contributed by atoms with Gasteiger partial charge in [-0.1, -0.05) is 12.1 Å². The third-order valence-electron chi connectivity index (χ3n) is 4.57. The summed E-state index contributed by atoms with van der Waals surface area (Å²) in [6.07, 6.45) is 5.27. The number of carbonyl (C=O) groups is 1. The van der Waals surface area contributed by atoms with E-state index in [2.05, 4.69) is 25.4 Å². The van der Waals surface area contributed by atoms with E-state index in [4.69, 9.17) is 0 Å². The van der Waals surface area contributed by atoms with Crippen LogP contribution in [0.15, 0.2) is 48.0 Å². The average molecular weight is 379 g/mol. The fraction of sp³-hybridized carbons (Fsp3) is 0.300. The Morgan fingerprint density at radius 2 is 2.04 bits per heavy atom. The molecule has 4 rings (SSSR count). The first-order valence-corrected chi connectivity index (χ1v) is 10.0. The molecule has 7 heteroatoms. The van der Waals surface area contributed by atoms with Gasteiger partial charge in [-0.15, -0.1) is 21.5 Å². The fourth-order valence-corrected chi connectivity index (χ4v) is 3.79. The van der Waals surface area contributed by atoms with Crippen molar-refractivity contribution < 1.29 is 4.79 Å². The maximum atomic E-state index is 12.2. The van der Waals surface area contributed by atoms with Crippen molar-refractivity contribution in [3.8, 4) is 11.3 Å². The molecular formula is C20H21N5OS. The molecule has 0 aliphatic carbocycles. The molecule has 1 amide bonds. The van der Waals surface area contributed by atoms with Crippen molar-refractivity contribution in [3.05, 3.63) is 53.0 Å². The quantitative estimate of drug-likeness (QED) is 0.706. The minimum absolute atomic E-state index is 0.0159. The number of nitrogens with zero attached hydrogens (tertiary/aromatic N) is 4. The average Bonchev–Trinajstić information content (AvgIpc) is 3.41.